The van der Waals surface area contributed by atoms with Gasteiger partial charge in [0.15, 0.2) is 0 Å². The lowest BCUT2D eigenvalue weighted by Gasteiger charge is -2.32. The number of methoxy groups -OCH3 is 2. The predicted molar refractivity (Wildman–Crippen MR) is 85.3 cm³/mol. The van der Waals surface area contributed by atoms with E-state index in [1.54, 1.807) is 14.2 Å². The second-order valence-electron chi connectivity index (χ2n) is 5.93. The molecule has 0 saturated heterocycles. The lowest BCUT2D eigenvalue weighted by Crippen LogP contribution is -2.56. The molecule has 0 aliphatic rings. The molecule has 0 radical (unpaired) electrons. The summed E-state index contributed by atoms with van der Waals surface area (Å²) in [6, 6.07) is 0.211. The van der Waals surface area contributed by atoms with Gasteiger partial charge >= 0.3 is 0 Å². The average molecular weight is 303 g/mol. The Morgan fingerprint density at radius 2 is 1.81 bits per heavy atom. The standard InChI is InChI=1S/C15H33N3O3/c1-13(2)17-15(3,14(16)19)7-9-18(10-12-21-5)8-6-11-20-4/h13,17H,6-12H2,1-5H3,(H2,16,19). The van der Waals surface area contributed by atoms with Crippen LogP contribution in [0.4, 0.5) is 0 Å². The summed E-state index contributed by atoms with van der Waals surface area (Å²) >= 11 is 0. The molecule has 0 aromatic rings. The smallest absolute Gasteiger partial charge is 0.237 e. The highest BCUT2D eigenvalue weighted by Crippen LogP contribution is 2.12. The van der Waals surface area contributed by atoms with Crippen molar-refractivity contribution >= 4 is 5.91 Å². The number of primary amides is 1. The first-order valence-corrected chi connectivity index (χ1v) is 7.63. The van der Waals surface area contributed by atoms with E-state index >= 15 is 0 Å². The Morgan fingerprint density at radius 3 is 2.29 bits per heavy atom. The fourth-order valence-electron chi connectivity index (χ4n) is 2.27. The van der Waals surface area contributed by atoms with Crippen LogP contribution in [0.1, 0.15) is 33.6 Å². The van der Waals surface area contributed by atoms with Gasteiger partial charge < -0.3 is 25.4 Å². The molecule has 6 nitrogen and oxygen atoms in total. The Bertz CT molecular complexity index is 287. The highest BCUT2D eigenvalue weighted by atomic mass is 16.5. The van der Waals surface area contributed by atoms with Crippen LogP contribution in [0.3, 0.4) is 0 Å². The Labute approximate surface area is 129 Å². The number of hydrogen-bond acceptors (Lipinski definition) is 5. The molecule has 0 saturated carbocycles. The zero-order chi connectivity index (χ0) is 16.3. The number of carbonyl (C=O) groups is 1. The van der Waals surface area contributed by atoms with Crippen LogP contribution in [-0.2, 0) is 14.3 Å². The summed E-state index contributed by atoms with van der Waals surface area (Å²) in [5.74, 6) is -0.306. The molecule has 3 N–H and O–H groups in total. The highest BCUT2D eigenvalue weighted by Gasteiger charge is 2.31. The summed E-state index contributed by atoms with van der Waals surface area (Å²) in [4.78, 5) is 14.0. The first kappa shape index (κ1) is 20.3. The highest BCUT2D eigenvalue weighted by molar-refractivity contribution is 5.84. The van der Waals surface area contributed by atoms with Crippen LogP contribution in [0.15, 0.2) is 0 Å². The third kappa shape index (κ3) is 9.03. The van der Waals surface area contributed by atoms with E-state index < -0.39 is 5.54 Å². The molecule has 1 amide bonds. The van der Waals surface area contributed by atoms with Gasteiger partial charge in [0.1, 0.15) is 0 Å². The van der Waals surface area contributed by atoms with Crippen molar-refractivity contribution < 1.29 is 14.3 Å². The fourth-order valence-corrected chi connectivity index (χ4v) is 2.27. The van der Waals surface area contributed by atoms with Gasteiger partial charge in [-0.15, -0.1) is 0 Å². The van der Waals surface area contributed by atoms with Crippen molar-refractivity contribution in [1.29, 1.82) is 0 Å². The predicted octanol–water partition coefficient (Wildman–Crippen LogP) is 0.603. The van der Waals surface area contributed by atoms with Crippen LogP contribution in [0.2, 0.25) is 0 Å². The third-order valence-electron chi connectivity index (χ3n) is 3.51. The van der Waals surface area contributed by atoms with Gasteiger partial charge in [0.25, 0.3) is 0 Å². The number of nitrogens with zero attached hydrogens (tertiary/aromatic N) is 1. The number of rotatable bonds is 13. The van der Waals surface area contributed by atoms with Gasteiger partial charge in [-0.3, -0.25) is 4.79 Å². The zero-order valence-electron chi connectivity index (χ0n) is 14.3. The van der Waals surface area contributed by atoms with Gasteiger partial charge in [-0.05, 0) is 33.6 Å². The molecule has 0 aliphatic heterocycles. The number of hydrogen-bond donors (Lipinski definition) is 2. The van der Waals surface area contributed by atoms with Crippen LogP contribution < -0.4 is 11.1 Å². The molecule has 0 bridgehead atoms. The van der Waals surface area contributed by atoms with E-state index in [0.717, 1.165) is 32.7 Å². The number of nitrogens with one attached hydrogen (secondary N) is 1. The van der Waals surface area contributed by atoms with Gasteiger partial charge in [-0.2, -0.15) is 0 Å². The Hall–Kier alpha value is -0.690. The second kappa shape index (κ2) is 11.0. The normalized spacial score (nSPS) is 14.6. The molecule has 0 spiro atoms. The average Bonchev–Trinajstić information content (AvgIpc) is 2.40. The molecule has 0 aromatic heterocycles. The van der Waals surface area contributed by atoms with Crippen molar-refractivity contribution in [1.82, 2.24) is 10.2 Å². The summed E-state index contributed by atoms with van der Waals surface area (Å²) in [6.07, 6.45) is 1.64. The topological polar surface area (TPSA) is 76.8 Å². The van der Waals surface area contributed by atoms with Crippen LogP contribution in [0.5, 0.6) is 0 Å². The molecule has 126 valence electrons. The third-order valence-corrected chi connectivity index (χ3v) is 3.51. The van der Waals surface area contributed by atoms with Crippen LogP contribution in [0, 0.1) is 0 Å². The van der Waals surface area contributed by atoms with Crippen molar-refractivity contribution in [3.05, 3.63) is 0 Å². The monoisotopic (exact) mass is 303 g/mol. The number of carbonyl (C=O) groups excluding carboxylic acids is 1. The van der Waals surface area contributed by atoms with E-state index in [9.17, 15) is 4.79 Å². The summed E-state index contributed by atoms with van der Waals surface area (Å²) in [6.45, 7) is 9.89. The van der Waals surface area contributed by atoms with E-state index in [1.807, 2.05) is 20.8 Å². The number of ether oxygens (including phenoxy) is 2. The van der Waals surface area contributed by atoms with Gasteiger partial charge in [0.2, 0.25) is 5.91 Å². The van der Waals surface area contributed by atoms with Crippen molar-refractivity contribution in [2.75, 3.05) is 47.1 Å². The molecule has 1 unspecified atom stereocenters. The molecule has 6 heteroatoms. The second-order valence-corrected chi connectivity index (χ2v) is 5.93. The van der Waals surface area contributed by atoms with Crippen LogP contribution in [-0.4, -0.2) is 69.5 Å². The Morgan fingerprint density at radius 1 is 1.19 bits per heavy atom. The van der Waals surface area contributed by atoms with Crippen LogP contribution in [0.25, 0.3) is 0 Å². The van der Waals surface area contributed by atoms with Gasteiger partial charge in [0, 0.05) is 46.5 Å². The van der Waals surface area contributed by atoms with E-state index in [2.05, 4.69) is 10.2 Å². The first-order valence-electron chi connectivity index (χ1n) is 7.63. The van der Waals surface area contributed by atoms with Crippen molar-refractivity contribution in [2.45, 2.75) is 45.2 Å². The van der Waals surface area contributed by atoms with E-state index in [-0.39, 0.29) is 11.9 Å². The maximum absolute atomic E-state index is 11.7. The minimum absolute atomic E-state index is 0.211. The minimum atomic E-state index is -0.680. The van der Waals surface area contributed by atoms with Crippen molar-refractivity contribution in [2.24, 2.45) is 5.73 Å². The maximum Gasteiger partial charge on any atom is 0.237 e. The molecule has 0 aromatic carbocycles. The largest absolute Gasteiger partial charge is 0.385 e. The molecule has 21 heavy (non-hydrogen) atoms. The molecule has 1 atom stereocenters. The van der Waals surface area contributed by atoms with E-state index in [4.69, 9.17) is 15.2 Å². The number of amides is 1. The molecule has 0 aliphatic carbocycles. The zero-order valence-corrected chi connectivity index (χ0v) is 14.3. The molecular formula is C15H33N3O3. The van der Waals surface area contributed by atoms with E-state index in [0.29, 0.717) is 13.0 Å². The lowest BCUT2D eigenvalue weighted by molar-refractivity contribution is -0.124. The summed E-state index contributed by atoms with van der Waals surface area (Å²) in [5, 5.41) is 3.28. The van der Waals surface area contributed by atoms with E-state index in [1.165, 1.54) is 0 Å². The molecule has 0 rings (SSSR count). The molecule has 0 fully saturated rings. The van der Waals surface area contributed by atoms with Gasteiger partial charge in [-0.25, -0.2) is 0 Å². The first-order chi connectivity index (χ1) is 9.85. The summed E-state index contributed by atoms with van der Waals surface area (Å²) < 4.78 is 10.2. The van der Waals surface area contributed by atoms with Crippen LogP contribution >= 0.6 is 0 Å². The summed E-state index contributed by atoms with van der Waals surface area (Å²) in [7, 11) is 3.40. The van der Waals surface area contributed by atoms with Crippen molar-refractivity contribution in [3.8, 4) is 0 Å². The quantitative estimate of drug-likeness (QED) is 0.487. The Kier molecular flexibility index (Phi) is 10.6. The summed E-state index contributed by atoms with van der Waals surface area (Å²) in [5.41, 5.74) is 4.88. The van der Waals surface area contributed by atoms with Crippen molar-refractivity contribution in [3.63, 3.8) is 0 Å². The minimum Gasteiger partial charge on any atom is -0.385 e. The lowest BCUT2D eigenvalue weighted by atomic mass is 9.95. The molecular weight excluding hydrogens is 270 g/mol. The maximum atomic E-state index is 11.7. The van der Waals surface area contributed by atoms with Gasteiger partial charge in [0.05, 0.1) is 12.1 Å². The fraction of sp³-hybridized carbons (Fsp3) is 0.933. The molecule has 0 heterocycles. The number of nitrogens with two attached hydrogens (primary N) is 1. The SMILES string of the molecule is COCCCN(CCOC)CCC(C)(NC(C)C)C(N)=O. The Balaban J connectivity index is 4.47. The van der Waals surface area contributed by atoms with Gasteiger partial charge in [-0.1, -0.05) is 0 Å².